The number of nitrogens with one attached hydrogen (secondary N) is 1. The second kappa shape index (κ2) is 9.46. The summed E-state index contributed by atoms with van der Waals surface area (Å²) in [5.74, 6) is -0.223. The van der Waals surface area contributed by atoms with Gasteiger partial charge in [-0.2, -0.15) is 5.26 Å². The summed E-state index contributed by atoms with van der Waals surface area (Å²) in [6.07, 6.45) is 0.191. The molecular formula is C24H26FN3O3. The third kappa shape index (κ3) is 5.40. The van der Waals surface area contributed by atoms with Gasteiger partial charge in [0.15, 0.2) is 0 Å². The van der Waals surface area contributed by atoms with Gasteiger partial charge in [-0.05, 0) is 53.6 Å². The molecule has 0 aromatic heterocycles. The predicted octanol–water partition coefficient (Wildman–Crippen LogP) is 2.69. The molecule has 1 saturated carbocycles. The summed E-state index contributed by atoms with van der Waals surface area (Å²) in [7, 11) is 0. The highest BCUT2D eigenvalue weighted by Crippen LogP contribution is 2.45. The van der Waals surface area contributed by atoms with Gasteiger partial charge in [0.05, 0.1) is 6.07 Å². The van der Waals surface area contributed by atoms with Gasteiger partial charge < -0.3 is 15.2 Å². The quantitative estimate of drug-likeness (QED) is 0.572. The number of likely N-dealkylation sites (tertiary alicyclic amines) is 1. The lowest BCUT2D eigenvalue weighted by atomic mass is 10.0. The van der Waals surface area contributed by atoms with Crippen molar-refractivity contribution < 1.29 is 19.0 Å². The first-order valence-electron chi connectivity index (χ1n) is 10.6. The molecule has 0 bridgehead atoms. The first-order valence-corrected chi connectivity index (χ1v) is 10.6. The molecule has 2 fully saturated rings. The molecule has 1 aliphatic heterocycles. The van der Waals surface area contributed by atoms with Crippen LogP contribution in [-0.4, -0.2) is 48.3 Å². The largest absolute Gasteiger partial charge is 0.492 e. The van der Waals surface area contributed by atoms with Gasteiger partial charge in [-0.25, -0.2) is 4.39 Å². The molecule has 1 heterocycles. The van der Waals surface area contributed by atoms with E-state index in [2.05, 4.69) is 10.2 Å². The second-order valence-electron chi connectivity index (χ2n) is 8.34. The zero-order valence-electron chi connectivity index (χ0n) is 17.2. The molecule has 7 heteroatoms. The molecule has 0 amide bonds. The van der Waals surface area contributed by atoms with Crippen LogP contribution in [0.5, 0.6) is 5.75 Å². The molecule has 2 aromatic rings. The van der Waals surface area contributed by atoms with E-state index in [0.717, 1.165) is 43.1 Å². The number of carboxylic acid groups (broad SMARTS) is 1. The fraction of sp³-hybridized carbons (Fsp3) is 0.417. The summed E-state index contributed by atoms with van der Waals surface area (Å²) >= 11 is 0. The Morgan fingerprint density at radius 1 is 1.16 bits per heavy atom. The molecule has 1 saturated heterocycles. The molecule has 0 spiro atoms. The maximum absolute atomic E-state index is 13.0. The molecule has 4 rings (SSSR count). The van der Waals surface area contributed by atoms with Crippen LogP contribution in [0.15, 0.2) is 48.5 Å². The molecule has 2 aliphatic rings. The van der Waals surface area contributed by atoms with Gasteiger partial charge in [0.2, 0.25) is 0 Å². The number of ether oxygens (including phenoxy) is 1. The van der Waals surface area contributed by atoms with Crippen LogP contribution in [0.2, 0.25) is 0 Å². The number of carbonyl (C=O) groups is 1. The number of halogens is 1. The average molecular weight is 423 g/mol. The standard InChI is InChI=1S/C24H26FN3O3/c25-19-5-1-17(2-6-19)13-28-14-21-22(15-28)23(21)27-9-10-31-20-7-3-16(4-8-20)11-18(12-26)24(29)30/h1-8,18,21-23,27H,9-11,13-15H2,(H,29,30)/t18?,21-,22+,23+. The summed E-state index contributed by atoms with van der Waals surface area (Å²) in [6.45, 7) is 4.35. The number of nitriles is 1. The van der Waals surface area contributed by atoms with Crippen molar-refractivity contribution in [2.45, 2.75) is 19.0 Å². The summed E-state index contributed by atoms with van der Waals surface area (Å²) in [4.78, 5) is 13.4. The predicted molar refractivity (Wildman–Crippen MR) is 113 cm³/mol. The van der Waals surface area contributed by atoms with E-state index in [0.29, 0.717) is 24.5 Å². The van der Waals surface area contributed by atoms with Crippen molar-refractivity contribution in [2.24, 2.45) is 17.8 Å². The van der Waals surface area contributed by atoms with Crippen LogP contribution in [0.25, 0.3) is 0 Å². The summed E-state index contributed by atoms with van der Waals surface area (Å²) in [5.41, 5.74) is 1.95. The maximum Gasteiger partial charge on any atom is 0.321 e. The van der Waals surface area contributed by atoms with E-state index in [4.69, 9.17) is 15.1 Å². The number of piperidine rings is 1. The first kappa shape index (κ1) is 21.3. The highest BCUT2D eigenvalue weighted by atomic mass is 19.1. The molecule has 4 atom stereocenters. The summed E-state index contributed by atoms with van der Waals surface area (Å²) in [5, 5.41) is 21.4. The van der Waals surface area contributed by atoms with Gasteiger partial charge >= 0.3 is 5.97 Å². The number of hydrogen-bond acceptors (Lipinski definition) is 5. The monoisotopic (exact) mass is 423 g/mol. The average Bonchev–Trinajstić information content (AvgIpc) is 3.21. The Morgan fingerprint density at radius 2 is 1.81 bits per heavy atom. The van der Waals surface area contributed by atoms with Crippen LogP contribution in [0.1, 0.15) is 11.1 Å². The Hall–Kier alpha value is -2.95. The van der Waals surface area contributed by atoms with E-state index in [-0.39, 0.29) is 12.2 Å². The third-order valence-corrected chi connectivity index (χ3v) is 6.16. The number of benzene rings is 2. The minimum atomic E-state index is -1.10. The van der Waals surface area contributed by atoms with Crippen molar-refractivity contribution in [1.29, 1.82) is 5.26 Å². The minimum Gasteiger partial charge on any atom is -0.492 e. The molecule has 162 valence electrons. The number of nitrogens with zero attached hydrogens (tertiary/aromatic N) is 2. The molecule has 1 unspecified atom stereocenters. The van der Waals surface area contributed by atoms with Crippen molar-refractivity contribution in [3.05, 3.63) is 65.5 Å². The van der Waals surface area contributed by atoms with Crippen molar-refractivity contribution >= 4 is 5.97 Å². The SMILES string of the molecule is N#CC(Cc1ccc(OCCN[C@H]2[C@@H]3CN(Cc4ccc(F)cc4)C[C@@H]32)cc1)C(=O)O. The summed E-state index contributed by atoms with van der Waals surface area (Å²) in [6, 6.07) is 16.3. The van der Waals surface area contributed by atoms with Crippen LogP contribution in [0.3, 0.4) is 0 Å². The van der Waals surface area contributed by atoms with Crippen LogP contribution >= 0.6 is 0 Å². The van der Waals surface area contributed by atoms with Gasteiger partial charge in [-0.1, -0.05) is 24.3 Å². The fourth-order valence-electron chi connectivity index (χ4n) is 4.43. The van der Waals surface area contributed by atoms with Crippen LogP contribution in [-0.2, 0) is 17.8 Å². The zero-order valence-corrected chi connectivity index (χ0v) is 17.2. The van der Waals surface area contributed by atoms with Gasteiger partial charge in [-0.15, -0.1) is 0 Å². The number of fused-ring (bicyclic) bond motifs is 1. The van der Waals surface area contributed by atoms with E-state index >= 15 is 0 Å². The smallest absolute Gasteiger partial charge is 0.321 e. The fourth-order valence-corrected chi connectivity index (χ4v) is 4.43. The molecule has 1 aliphatic carbocycles. The van der Waals surface area contributed by atoms with Crippen molar-refractivity contribution in [1.82, 2.24) is 10.2 Å². The van der Waals surface area contributed by atoms with Gasteiger partial charge in [0.25, 0.3) is 0 Å². The lowest BCUT2D eigenvalue weighted by molar-refractivity contribution is -0.139. The van der Waals surface area contributed by atoms with Crippen molar-refractivity contribution in [3.8, 4) is 11.8 Å². The topological polar surface area (TPSA) is 85.6 Å². The van der Waals surface area contributed by atoms with Gasteiger partial charge in [0.1, 0.15) is 24.1 Å². The van der Waals surface area contributed by atoms with E-state index in [1.165, 1.54) is 12.1 Å². The van der Waals surface area contributed by atoms with Gasteiger partial charge in [-0.3, -0.25) is 9.69 Å². The number of rotatable bonds is 10. The highest BCUT2D eigenvalue weighted by molar-refractivity contribution is 5.73. The van der Waals surface area contributed by atoms with Crippen LogP contribution < -0.4 is 10.1 Å². The normalized spacial score (nSPS) is 23.0. The summed E-state index contributed by atoms with van der Waals surface area (Å²) < 4.78 is 18.8. The lowest BCUT2D eigenvalue weighted by Crippen LogP contribution is -2.33. The number of hydrogen-bond donors (Lipinski definition) is 2. The number of carboxylic acids is 1. The molecule has 0 radical (unpaired) electrons. The zero-order chi connectivity index (χ0) is 21.8. The third-order valence-electron chi connectivity index (χ3n) is 6.16. The van der Waals surface area contributed by atoms with E-state index in [1.54, 1.807) is 18.2 Å². The Labute approximate surface area is 181 Å². The Balaban J connectivity index is 1.12. The van der Waals surface area contributed by atoms with E-state index < -0.39 is 11.9 Å². The van der Waals surface area contributed by atoms with Gasteiger partial charge in [0, 0.05) is 32.2 Å². The van der Waals surface area contributed by atoms with Crippen molar-refractivity contribution in [3.63, 3.8) is 0 Å². The lowest BCUT2D eigenvalue weighted by Gasteiger charge is -2.20. The maximum atomic E-state index is 13.0. The minimum absolute atomic E-state index is 0.191. The Bertz CT molecular complexity index is 930. The second-order valence-corrected chi connectivity index (χ2v) is 8.34. The molecule has 31 heavy (non-hydrogen) atoms. The Kier molecular flexibility index (Phi) is 6.50. The number of aliphatic carboxylic acids is 1. The first-order chi connectivity index (χ1) is 15.0. The molecule has 6 nitrogen and oxygen atoms in total. The molecule has 2 N–H and O–H groups in total. The molecule has 2 aromatic carbocycles. The van der Waals surface area contributed by atoms with E-state index in [1.807, 2.05) is 24.3 Å². The van der Waals surface area contributed by atoms with Crippen LogP contribution in [0.4, 0.5) is 4.39 Å². The Morgan fingerprint density at radius 3 is 2.42 bits per heavy atom. The molecular weight excluding hydrogens is 397 g/mol. The highest BCUT2D eigenvalue weighted by Gasteiger charge is 2.55. The van der Waals surface area contributed by atoms with E-state index in [9.17, 15) is 9.18 Å². The van der Waals surface area contributed by atoms with Crippen molar-refractivity contribution in [2.75, 3.05) is 26.2 Å². The van der Waals surface area contributed by atoms with Crippen LogP contribution in [0, 0.1) is 34.9 Å².